The Morgan fingerprint density at radius 3 is 2.50 bits per heavy atom. The third-order valence-corrected chi connectivity index (χ3v) is 4.97. The van der Waals surface area contributed by atoms with E-state index >= 15 is 0 Å². The Bertz CT molecular complexity index is 467. The summed E-state index contributed by atoms with van der Waals surface area (Å²) in [7, 11) is 0. The molecule has 0 spiro atoms. The topological polar surface area (TPSA) is 144 Å². The second-order valence-corrected chi connectivity index (χ2v) is 7.70. The minimum Gasteiger partial charge on any atom is -0.391 e. The van der Waals surface area contributed by atoms with Gasteiger partial charge in [-0.2, -0.15) is 0 Å². The first-order valence-electron chi connectivity index (χ1n) is 9.23. The smallest absolute Gasteiger partial charge is 0.249 e. The highest BCUT2D eigenvalue weighted by Crippen LogP contribution is 2.29. The molecule has 26 heavy (non-hydrogen) atoms. The molecule has 1 saturated carbocycles. The van der Waals surface area contributed by atoms with Crippen LogP contribution in [0.5, 0.6) is 0 Å². The molecule has 0 aliphatic heterocycles. The highest BCUT2D eigenvalue weighted by Gasteiger charge is 2.38. The number of carbonyl (C=O) groups excluding carboxylic acids is 1. The van der Waals surface area contributed by atoms with Crippen molar-refractivity contribution in [3.63, 3.8) is 0 Å². The molecule has 5 N–H and O–H groups in total. The van der Waals surface area contributed by atoms with Gasteiger partial charge in [-0.15, -0.1) is 12.4 Å². The number of nitrogens with zero attached hydrogens (tertiary/aromatic N) is 3. The lowest BCUT2D eigenvalue weighted by atomic mass is 9.81. The Kier molecular flexibility index (Phi) is 11.9. The van der Waals surface area contributed by atoms with E-state index in [9.17, 15) is 15.0 Å². The van der Waals surface area contributed by atoms with Gasteiger partial charge in [0, 0.05) is 17.4 Å². The third-order valence-electron chi connectivity index (χ3n) is 4.97. The van der Waals surface area contributed by atoms with Gasteiger partial charge in [-0.3, -0.25) is 4.79 Å². The van der Waals surface area contributed by atoms with Crippen molar-refractivity contribution in [3.05, 3.63) is 10.4 Å². The molecule has 1 fully saturated rings. The molecule has 1 amide bonds. The summed E-state index contributed by atoms with van der Waals surface area (Å²) in [6.45, 7) is 4.42. The molecular formula is C17H34ClN5O3. The number of carbonyl (C=O) groups is 1. The monoisotopic (exact) mass is 391 g/mol. The van der Waals surface area contributed by atoms with Crippen molar-refractivity contribution in [2.24, 2.45) is 22.7 Å². The van der Waals surface area contributed by atoms with E-state index in [0.29, 0.717) is 11.8 Å². The maximum Gasteiger partial charge on any atom is 0.249 e. The zero-order chi connectivity index (χ0) is 18.9. The summed E-state index contributed by atoms with van der Waals surface area (Å²) in [4.78, 5) is 14.2. The fourth-order valence-electron chi connectivity index (χ4n) is 3.43. The molecule has 1 aliphatic carbocycles. The molecule has 3 atom stereocenters. The summed E-state index contributed by atoms with van der Waals surface area (Å²) in [5.74, 6) is -0.0367. The quantitative estimate of drug-likeness (QED) is 0.243. The van der Waals surface area contributed by atoms with Crippen molar-refractivity contribution in [3.8, 4) is 0 Å². The highest BCUT2D eigenvalue weighted by atomic mass is 35.5. The van der Waals surface area contributed by atoms with Crippen LogP contribution in [0.1, 0.15) is 58.8 Å². The average Bonchev–Trinajstić information content (AvgIpc) is 2.57. The van der Waals surface area contributed by atoms with Gasteiger partial charge in [-0.05, 0) is 30.3 Å². The zero-order valence-corrected chi connectivity index (χ0v) is 16.6. The lowest BCUT2D eigenvalue weighted by Gasteiger charge is -2.34. The summed E-state index contributed by atoms with van der Waals surface area (Å²) < 4.78 is 0. The zero-order valence-electron chi connectivity index (χ0n) is 15.8. The van der Waals surface area contributed by atoms with E-state index in [1.165, 1.54) is 19.3 Å². The third kappa shape index (κ3) is 8.56. The molecule has 152 valence electrons. The van der Waals surface area contributed by atoms with E-state index in [0.717, 1.165) is 25.8 Å². The maximum absolute atomic E-state index is 11.6. The predicted octanol–water partition coefficient (Wildman–Crippen LogP) is 2.27. The number of rotatable bonds is 11. The number of hydrogen-bond acceptors (Lipinski definition) is 5. The Morgan fingerprint density at radius 2 is 2.00 bits per heavy atom. The SMILES string of the molecule is CC(C)CN[C@@H](CC1CCCCC1)[C@@H](O)C[C@@](O)(CN=[N+]=[N-])C(N)=O.Cl. The van der Waals surface area contributed by atoms with E-state index in [1.54, 1.807) is 0 Å². The maximum atomic E-state index is 11.6. The molecule has 0 radical (unpaired) electrons. The van der Waals surface area contributed by atoms with E-state index in [1.807, 2.05) is 0 Å². The molecule has 9 heteroatoms. The summed E-state index contributed by atoms with van der Waals surface area (Å²) in [5, 5.41) is 27.7. The van der Waals surface area contributed by atoms with Crippen molar-refractivity contribution >= 4 is 18.3 Å². The second kappa shape index (κ2) is 12.4. The first-order valence-corrected chi connectivity index (χ1v) is 9.23. The first-order chi connectivity index (χ1) is 11.8. The number of aliphatic hydroxyl groups excluding tert-OH is 1. The average molecular weight is 392 g/mol. The predicted molar refractivity (Wildman–Crippen MR) is 104 cm³/mol. The van der Waals surface area contributed by atoms with Gasteiger partial charge in [0.15, 0.2) is 5.60 Å². The minimum absolute atomic E-state index is 0. The van der Waals surface area contributed by atoms with Crippen LogP contribution >= 0.6 is 12.4 Å². The lowest BCUT2D eigenvalue weighted by Crippen LogP contribution is -2.53. The standard InChI is InChI=1S/C17H33N5O3.ClH/c1-12(2)10-20-14(8-13-6-4-3-5-7-13)15(23)9-17(25,16(18)24)11-21-22-19;/h12-15,20,23,25H,3-11H2,1-2H3,(H2,18,24);1H/t14-,15-,17+;/m0./s1. The first kappa shape index (κ1) is 24.9. The summed E-state index contributed by atoms with van der Waals surface area (Å²) in [6, 6.07) is -0.234. The van der Waals surface area contributed by atoms with Gasteiger partial charge in [-0.25, -0.2) is 0 Å². The van der Waals surface area contributed by atoms with Crippen molar-refractivity contribution in [1.29, 1.82) is 0 Å². The fraction of sp³-hybridized carbons (Fsp3) is 0.941. The van der Waals surface area contributed by atoms with Gasteiger partial charge in [0.1, 0.15) is 0 Å². The van der Waals surface area contributed by atoms with Gasteiger partial charge in [0.25, 0.3) is 0 Å². The van der Waals surface area contributed by atoms with Crippen LogP contribution in [0.25, 0.3) is 10.4 Å². The van der Waals surface area contributed by atoms with Gasteiger partial charge in [0.05, 0.1) is 12.6 Å². The number of nitrogens with two attached hydrogens (primary N) is 1. The van der Waals surface area contributed by atoms with Crippen molar-refractivity contribution in [1.82, 2.24) is 5.32 Å². The number of hydrogen-bond donors (Lipinski definition) is 4. The molecule has 1 aliphatic rings. The van der Waals surface area contributed by atoms with Crippen LogP contribution in [0.3, 0.4) is 0 Å². The molecule has 0 saturated heterocycles. The van der Waals surface area contributed by atoms with Gasteiger partial charge in [0.2, 0.25) is 5.91 Å². The van der Waals surface area contributed by atoms with Gasteiger partial charge >= 0.3 is 0 Å². The second-order valence-electron chi connectivity index (χ2n) is 7.70. The number of nitrogens with one attached hydrogen (secondary N) is 1. The Balaban J connectivity index is 0.00000625. The van der Waals surface area contributed by atoms with Crippen molar-refractivity contribution < 1.29 is 15.0 Å². The van der Waals surface area contributed by atoms with Crippen LogP contribution in [0.4, 0.5) is 0 Å². The number of aliphatic hydroxyl groups is 2. The molecule has 0 aromatic carbocycles. The lowest BCUT2D eigenvalue weighted by molar-refractivity contribution is -0.139. The molecule has 1 rings (SSSR count). The number of azide groups is 1. The van der Waals surface area contributed by atoms with Crippen LogP contribution in [0, 0.1) is 11.8 Å². The normalized spacial score (nSPS) is 19.7. The van der Waals surface area contributed by atoms with E-state index in [-0.39, 0.29) is 24.9 Å². The van der Waals surface area contributed by atoms with Crippen LogP contribution in [0.15, 0.2) is 5.11 Å². The van der Waals surface area contributed by atoms with Crippen LogP contribution in [-0.4, -0.2) is 47.0 Å². The van der Waals surface area contributed by atoms with E-state index in [2.05, 4.69) is 29.2 Å². The van der Waals surface area contributed by atoms with E-state index in [4.69, 9.17) is 11.3 Å². The number of halogens is 1. The highest BCUT2D eigenvalue weighted by molar-refractivity contribution is 5.85. The summed E-state index contributed by atoms with van der Waals surface area (Å²) >= 11 is 0. The van der Waals surface area contributed by atoms with Gasteiger partial charge in [-0.1, -0.05) is 51.1 Å². The molecule has 0 aromatic rings. The van der Waals surface area contributed by atoms with Crippen LogP contribution in [-0.2, 0) is 4.79 Å². The van der Waals surface area contributed by atoms with Crippen molar-refractivity contribution in [2.45, 2.75) is 76.5 Å². The van der Waals surface area contributed by atoms with Crippen LogP contribution in [0.2, 0.25) is 0 Å². The van der Waals surface area contributed by atoms with Crippen molar-refractivity contribution in [2.75, 3.05) is 13.1 Å². The Morgan fingerprint density at radius 1 is 1.38 bits per heavy atom. The number of primary amides is 1. The molecular weight excluding hydrogens is 358 g/mol. The van der Waals surface area contributed by atoms with Gasteiger partial charge < -0.3 is 21.3 Å². The molecule has 0 aromatic heterocycles. The molecule has 0 heterocycles. The fourth-order valence-corrected chi connectivity index (χ4v) is 3.43. The molecule has 0 bridgehead atoms. The summed E-state index contributed by atoms with van der Waals surface area (Å²) in [6.07, 6.45) is 5.56. The molecule has 8 nitrogen and oxygen atoms in total. The Labute approximate surface area is 161 Å². The largest absolute Gasteiger partial charge is 0.391 e. The van der Waals surface area contributed by atoms with Crippen LogP contribution < -0.4 is 11.1 Å². The van der Waals surface area contributed by atoms with E-state index < -0.39 is 24.2 Å². The minimum atomic E-state index is -2.03. The summed E-state index contributed by atoms with van der Waals surface area (Å²) in [5.41, 5.74) is 11.7. The number of amides is 1. The molecule has 0 unspecified atom stereocenters. The Hall–Kier alpha value is -1.05.